The van der Waals surface area contributed by atoms with Gasteiger partial charge in [0.25, 0.3) is 0 Å². The maximum absolute atomic E-state index is 5.85. The Morgan fingerprint density at radius 2 is 1.90 bits per heavy atom. The van der Waals surface area contributed by atoms with Crippen molar-refractivity contribution in [3.05, 3.63) is 34.9 Å². The summed E-state index contributed by atoms with van der Waals surface area (Å²) in [5.74, 6) is 0.803. The summed E-state index contributed by atoms with van der Waals surface area (Å²) in [7, 11) is 0. The Labute approximate surface area is 143 Å². The monoisotopic (exact) mass is 411 g/mol. The lowest BCUT2D eigenvalue weighted by Crippen LogP contribution is -2.39. The molecule has 0 spiro atoms. The van der Waals surface area contributed by atoms with E-state index in [1.54, 1.807) is 0 Å². The van der Waals surface area contributed by atoms with Gasteiger partial charge in [0.15, 0.2) is 5.96 Å². The van der Waals surface area contributed by atoms with Crippen LogP contribution in [0.4, 0.5) is 0 Å². The number of rotatable bonds is 7. The van der Waals surface area contributed by atoms with Gasteiger partial charge in [0.05, 0.1) is 13.2 Å². The van der Waals surface area contributed by atoms with Crippen LogP contribution in [-0.4, -0.2) is 32.3 Å². The third kappa shape index (κ3) is 8.60. The van der Waals surface area contributed by atoms with Gasteiger partial charge in [-0.1, -0.05) is 23.7 Å². The van der Waals surface area contributed by atoms with Crippen molar-refractivity contribution in [1.29, 1.82) is 0 Å². The van der Waals surface area contributed by atoms with Gasteiger partial charge >= 0.3 is 0 Å². The Balaban J connectivity index is 0.00000361. The van der Waals surface area contributed by atoms with Gasteiger partial charge in [-0.05, 0) is 31.5 Å². The number of halogens is 2. The van der Waals surface area contributed by atoms with Gasteiger partial charge in [0.2, 0.25) is 0 Å². The molecule has 114 valence electrons. The van der Waals surface area contributed by atoms with Crippen molar-refractivity contribution in [3.8, 4) is 0 Å². The molecular weight excluding hydrogens is 389 g/mol. The Kier molecular flexibility index (Phi) is 11.9. The molecule has 1 aromatic carbocycles. The molecule has 0 aliphatic rings. The Hall–Kier alpha value is -0.530. The molecule has 0 atom stereocenters. The zero-order chi connectivity index (χ0) is 13.9. The van der Waals surface area contributed by atoms with Gasteiger partial charge in [0, 0.05) is 24.7 Å². The third-order valence-electron chi connectivity index (χ3n) is 2.42. The van der Waals surface area contributed by atoms with Crippen LogP contribution >= 0.6 is 35.6 Å². The zero-order valence-corrected chi connectivity index (χ0v) is 15.1. The maximum atomic E-state index is 5.85. The molecule has 0 amide bonds. The minimum Gasteiger partial charge on any atom is -0.380 e. The Morgan fingerprint density at radius 3 is 2.50 bits per heavy atom. The van der Waals surface area contributed by atoms with E-state index in [-0.39, 0.29) is 24.0 Å². The fourth-order valence-electron chi connectivity index (χ4n) is 1.49. The summed E-state index contributed by atoms with van der Waals surface area (Å²) in [6, 6.07) is 7.72. The molecular formula is C14H23ClIN3O. The average Bonchev–Trinajstić information content (AvgIpc) is 2.42. The van der Waals surface area contributed by atoms with Crippen molar-refractivity contribution < 1.29 is 4.74 Å². The standard InChI is InChI=1S/C14H22ClN3O.HI/c1-3-16-14(17-9-10-19-4-2)18-11-12-5-7-13(15)8-6-12;/h5-8H,3-4,9-11H2,1-2H3,(H2,16,17,18);1H. The number of nitrogens with zero attached hydrogens (tertiary/aromatic N) is 1. The second-order valence-electron chi connectivity index (χ2n) is 3.95. The van der Waals surface area contributed by atoms with Gasteiger partial charge in [-0.2, -0.15) is 0 Å². The molecule has 6 heteroatoms. The minimum atomic E-state index is 0. The van der Waals surface area contributed by atoms with Gasteiger partial charge in [-0.15, -0.1) is 24.0 Å². The lowest BCUT2D eigenvalue weighted by molar-refractivity contribution is 0.152. The molecule has 0 radical (unpaired) electrons. The number of ether oxygens (including phenoxy) is 1. The van der Waals surface area contributed by atoms with E-state index in [1.807, 2.05) is 38.1 Å². The van der Waals surface area contributed by atoms with Crippen molar-refractivity contribution in [3.63, 3.8) is 0 Å². The highest BCUT2D eigenvalue weighted by atomic mass is 127. The molecule has 0 fully saturated rings. The topological polar surface area (TPSA) is 45.7 Å². The lowest BCUT2D eigenvalue weighted by atomic mass is 10.2. The molecule has 0 aliphatic heterocycles. The van der Waals surface area contributed by atoms with Crippen LogP contribution in [0.25, 0.3) is 0 Å². The molecule has 0 aliphatic carbocycles. The summed E-state index contributed by atoms with van der Waals surface area (Å²) in [5, 5.41) is 7.17. The molecule has 1 aromatic rings. The van der Waals surface area contributed by atoms with E-state index in [0.29, 0.717) is 13.2 Å². The molecule has 20 heavy (non-hydrogen) atoms. The highest BCUT2D eigenvalue weighted by Gasteiger charge is 1.97. The molecule has 0 saturated heterocycles. The van der Waals surface area contributed by atoms with Crippen LogP contribution in [-0.2, 0) is 11.3 Å². The van der Waals surface area contributed by atoms with Crippen LogP contribution in [0, 0.1) is 0 Å². The first kappa shape index (κ1) is 19.5. The van der Waals surface area contributed by atoms with E-state index >= 15 is 0 Å². The predicted octanol–water partition coefficient (Wildman–Crippen LogP) is 3.05. The largest absolute Gasteiger partial charge is 0.380 e. The molecule has 1 rings (SSSR count). The van der Waals surface area contributed by atoms with Crippen molar-refractivity contribution in [2.24, 2.45) is 4.99 Å². The number of guanidine groups is 1. The molecule has 0 unspecified atom stereocenters. The van der Waals surface area contributed by atoms with E-state index in [4.69, 9.17) is 16.3 Å². The zero-order valence-electron chi connectivity index (χ0n) is 12.0. The fourth-order valence-corrected chi connectivity index (χ4v) is 1.61. The predicted molar refractivity (Wildman–Crippen MR) is 96.2 cm³/mol. The fraction of sp³-hybridized carbons (Fsp3) is 0.500. The van der Waals surface area contributed by atoms with Gasteiger partial charge in [-0.25, -0.2) is 4.99 Å². The van der Waals surface area contributed by atoms with E-state index in [1.165, 1.54) is 0 Å². The lowest BCUT2D eigenvalue weighted by Gasteiger charge is -2.11. The molecule has 4 nitrogen and oxygen atoms in total. The minimum absolute atomic E-state index is 0. The summed E-state index contributed by atoms with van der Waals surface area (Å²) < 4.78 is 5.28. The second-order valence-corrected chi connectivity index (χ2v) is 4.38. The van der Waals surface area contributed by atoms with Crippen molar-refractivity contribution >= 4 is 41.5 Å². The van der Waals surface area contributed by atoms with Crippen LogP contribution in [0.3, 0.4) is 0 Å². The summed E-state index contributed by atoms with van der Waals surface area (Å²) in [6.07, 6.45) is 0. The number of hydrogen-bond donors (Lipinski definition) is 2. The second kappa shape index (κ2) is 12.2. The van der Waals surface area contributed by atoms with Crippen molar-refractivity contribution in [1.82, 2.24) is 10.6 Å². The van der Waals surface area contributed by atoms with Crippen molar-refractivity contribution in [2.75, 3.05) is 26.3 Å². The summed E-state index contributed by atoms with van der Waals surface area (Å²) in [4.78, 5) is 4.51. The van der Waals surface area contributed by atoms with E-state index in [0.717, 1.165) is 36.2 Å². The van der Waals surface area contributed by atoms with Gasteiger partial charge in [0.1, 0.15) is 0 Å². The smallest absolute Gasteiger partial charge is 0.191 e. The van der Waals surface area contributed by atoms with Crippen LogP contribution < -0.4 is 10.6 Å². The Bertz CT molecular complexity index is 385. The first-order valence-electron chi connectivity index (χ1n) is 6.60. The molecule has 0 heterocycles. The third-order valence-corrected chi connectivity index (χ3v) is 2.67. The van der Waals surface area contributed by atoms with E-state index in [2.05, 4.69) is 15.6 Å². The summed E-state index contributed by atoms with van der Waals surface area (Å²) in [5.41, 5.74) is 1.13. The Morgan fingerprint density at radius 1 is 1.20 bits per heavy atom. The first-order valence-corrected chi connectivity index (χ1v) is 6.98. The van der Waals surface area contributed by atoms with E-state index in [9.17, 15) is 0 Å². The first-order chi connectivity index (χ1) is 9.26. The van der Waals surface area contributed by atoms with Crippen LogP contribution in [0.5, 0.6) is 0 Å². The quantitative estimate of drug-likeness (QED) is 0.314. The SMILES string of the molecule is CCNC(=NCc1ccc(Cl)cc1)NCCOCC.I. The normalized spacial score (nSPS) is 10.8. The van der Waals surface area contributed by atoms with Crippen LogP contribution in [0.1, 0.15) is 19.4 Å². The number of benzene rings is 1. The molecule has 0 aromatic heterocycles. The summed E-state index contributed by atoms with van der Waals surface area (Å²) in [6.45, 7) is 7.66. The summed E-state index contributed by atoms with van der Waals surface area (Å²) >= 11 is 5.85. The van der Waals surface area contributed by atoms with Crippen LogP contribution in [0.2, 0.25) is 5.02 Å². The van der Waals surface area contributed by atoms with Gasteiger partial charge in [-0.3, -0.25) is 0 Å². The number of aliphatic imine (C=N–C) groups is 1. The highest BCUT2D eigenvalue weighted by molar-refractivity contribution is 14.0. The number of nitrogens with one attached hydrogen (secondary N) is 2. The average molecular weight is 412 g/mol. The molecule has 0 saturated carbocycles. The van der Waals surface area contributed by atoms with Crippen molar-refractivity contribution in [2.45, 2.75) is 20.4 Å². The molecule has 2 N–H and O–H groups in total. The maximum Gasteiger partial charge on any atom is 0.191 e. The highest BCUT2D eigenvalue weighted by Crippen LogP contribution is 2.09. The van der Waals surface area contributed by atoms with Crippen LogP contribution in [0.15, 0.2) is 29.3 Å². The van der Waals surface area contributed by atoms with E-state index < -0.39 is 0 Å². The van der Waals surface area contributed by atoms with Gasteiger partial charge < -0.3 is 15.4 Å². The number of hydrogen-bond acceptors (Lipinski definition) is 2. The molecule has 0 bridgehead atoms.